The van der Waals surface area contributed by atoms with Crippen LogP contribution in [0, 0.1) is 17.3 Å². The monoisotopic (exact) mass is 825 g/mol. The molecule has 4 bridgehead atoms. The van der Waals surface area contributed by atoms with Crippen LogP contribution in [-0.4, -0.2) is 124 Å². The summed E-state index contributed by atoms with van der Waals surface area (Å²) in [6.07, 6.45) is -10.6. The van der Waals surface area contributed by atoms with E-state index < -0.39 is 126 Å². The number of benzene rings is 1. The van der Waals surface area contributed by atoms with Crippen LogP contribution in [0.1, 0.15) is 81.3 Å². The molecule has 1 saturated heterocycles. The first kappa shape index (κ1) is 43.1. The number of aromatic nitrogens is 1. The first-order valence-electron chi connectivity index (χ1n) is 19.0. The van der Waals surface area contributed by atoms with Crippen LogP contribution in [0.4, 0.5) is 0 Å². The standard InChI is InChI=1S/C41H47NO17/c1-20-15-16-27-26(14-11-17-42-27)37(50)53-18-38(6)28-29(57-36(49)25-12-9-8-10-13-25)33(55-23(4)45)40(19-52-21(2)43)34(56-24(5)46)30(54-22(3)44)32(58-35(20)48)39(7,51)41(40,59-38)31(28)47/h8-14,17,20,28-34,47,51H,15-16,18-19H2,1-7H3/t20?,28-,29-,30+,31-,32+,33-,34+,38+,39+,40-,41+/m1/s1. The number of esters is 7. The third-order valence-corrected chi connectivity index (χ3v) is 11.8. The van der Waals surface area contributed by atoms with E-state index in [4.69, 9.17) is 37.9 Å². The highest BCUT2D eigenvalue weighted by Gasteiger charge is 2.91. The molecule has 1 spiro atoms. The lowest BCUT2D eigenvalue weighted by Gasteiger charge is -2.67. The Kier molecular flexibility index (Phi) is 11.7. The Morgan fingerprint density at radius 1 is 0.847 bits per heavy atom. The Morgan fingerprint density at radius 2 is 1.47 bits per heavy atom. The van der Waals surface area contributed by atoms with E-state index in [0.717, 1.165) is 34.6 Å². The molecule has 0 radical (unpaired) electrons. The minimum atomic E-state index is -2.80. The van der Waals surface area contributed by atoms with E-state index in [1.54, 1.807) is 18.2 Å². The lowest BCUT2D eigenvalue weighted by Crippen LogP contribution is -2.89. The van der Waals surface area contributed by atoms with E-state index >= 15 is 0 Å². The number of carbonyl (C=O) groups excluding carboxylic acids is 7. The normalized spacial score (nSPS) is 36.3. The number of aliphatic hydroxyl groups excluding tert-OH is 1. The molecule has 1 unspecified atom stereocenters. The largest absolute Gasteiger partial charge is 0.465 e. The third-order valence-electron chi connectivity index (χ3n) is 11.8. The first-order valence-corrected chi connectivity index (χ1v) is 19.0. The summed E-state index contributed by atoms with van der Waals surface area (Å²) in [7, 11) is 0. The number of ether oxygens (including phenoxy) is 8. The zero-order valence-corrected chi connectivity index (χ0v) is 33.5. The van der Waals surface area contributed by atoms with E-state index in [0.29, 0.717) is 0 Å². The van der Waals surface area contributed by atoms with Gasteiger partial charge in [0.25, 0.3) is 0 Å². The van der Waals surface area contributed by atoms with Crippen LogP contribution in [0.25, 0.3) is 0 Å². The molecule has 3 heterocycles. The van der Waals surface area contributed by atoms with E-state index in [2.05, 4.69) is 4.98 Å². The molecule has 12 atom stereocenters. The van der Waals surface area contributed by atoms with Crippen molar-refractivity contribution in [1.29, 1.82) is 0 Å². The number of rotatable bonds is 7. The number of aliphatic hydroxyl groups is 2. The van der Waals surface area contributed by atoms with Gasteiger partial charge in [-0.25, -0.2) is 9.59 Å². The highest BCUT2D eigenvalue weighted by Crippen LogP contribution is 2.69. The van der Waals surface area contributed by atoms with Gasteiger partial charge >= 0.3 is 41.8 Å². The maximum absolute atomic E-state index is 14.1. The van der Waals surface area contributed by atoms with Gasteiger partial charge in [-0.05, 0) is 51.0 Å². The Hall–Kier alpha value is -5.46. The van der Waals surface area contributed by atoms with Crippen molar-refractivity contribution in [3.05, 3.63) is 65.5 Å². The lowest BCUT2D eigenvalue weighted by molar-refractivity contribution is -0.386. The van der Waals surface area contributed by atoms with Gasteiger partial charge in [0, 0.05) is 33.9 Å². The molecular weight excluding hydrogens is 778 g/mol. The molecule has 1 aromatic heterocycles. The minimum Gasteiger partial charge on any atom is -0.465 e. The second-order valence-electron chi connectivity index (χ2n) is 15.8. The fourth-order valence-corrected chi connectivity index (χ4v) is 9.44. The number of hydrogen-bond acceptors (Lipinski definition) is 18. The Labute approximate surface area is 338 Å². The number of cyclic esters (lactones) is 1. The van der Waals surface area contributed by atoms with E-state index in [1.807, 2.05) is 0 Å². The van der Waals surface area contributed by atoms with Crippen molar-refractivity contribution >= 4 is 41.8 Å². The predicted molar refractivity (Wildman–Crippen MR) is 196 cm³/mol. The average Bonchev–Trinajstić information content (AvgIpc) is 3.37. The van der Waals surface area contributed by atoms with E-state index in [-0.39, 0.29) is 29.7 Å². The molecule has 18 heteroatoms. The van der Waals surface area contributed by atoms with Crippen LogP contribution in [0.3, 0.4) is 0 Å². The summed E-state index contributed by atoms with van der Waals surface area (Å²) in [5, 5.41) is 26.3. The number of carbonyl (C=O) groups is 7. The van der Waals surface area contributed by atoms with E-state index in [1.165, 1.54) is 44.3 Å². The van der Waals surface area contributed by atoms with Crippen molar-refractivity contribution in [2.45, 2.75) is 115 Å². The number of aryl methyl sites for hydroxylation is 1. The Morgan fingerprint density at radius 3 is 2.08 bits per heavy atom. The van der Waals surface area contributed by atoms with Crippen molar-refractivity contribution in [2.75, 3.05) is 13.2 Å². The smallest absolute Gasteiger partial charge is 0.340 e. The molecular formula is C41H47NO17. The quantitative estimate of drug-likeness (QED) is 0.297. The number of hydrogen-bond donors (Lipinski definition) is 2. The Bertz CT molecular complexity index is 2020. The Balaban J connectivity index is 1.72. The van der Waals surface area contributed by atoms with Gasteiger partial charge < -0.3 is 48.1 Å². The molecule has 59 heavy (non-hydrogen) atoms. The molecule has 6 rings (SSSR count). The SMILES string of the molecule is CC(=O)OC[C@]12[C@H](OC(C)=O)[C@H](OC(=O)c3ccccc3)[C@@H]3[C@@H](O)[C@@]14O[C@@]3(C)COC(=O)c1cccnc1CCC(C)C(=O)O[C@@H]([C@H](OC(C)=O)[C@@H]2OC(C)=O)[C@]4(C)O. The van der Waals surface area contributed by atoms with Crippen molar-refractivity contribution < 1.29 is 81.7 Å². The number of fused-ring (bicyclic) bond motifs is 5. The van der Waals surface area contributed by atoms with Crippen LogP contribution in [0.15, 0.2) is 48.7 Å². The zero-order chi connectivity index (χ0) is 43.2. The molecule has 1 aromatic carbocycles. The van der Waals surface area contributed by atoms with Crippen LogP contribution >= 0.6 is 0 Å². The highest BCUT2D eigenvalue weighted by atomic mass is 16.7. The number of nitrogens with zero attached hydrogens (tertiary/aromatic N) is 1. The van der Waals surface area contributed by atoms with Crippen molar-refractivity contribution in [1.82, 2.24) is 4.98 Å². The molecule has 2 saturated carbocycles. The molecule has 3 fully saturated rings. The van der Waals surface area contributed by atoms with Crippen molar-refractivity contribution in [2.24, 2.45) is 17.3 Å². The molecule has 4 aliphatic rings. The maximum Gasteiger partial charge on any atom is 0.340 e. The fourth-order valence-electron chi connectivity index (χ4n) is 9.44. The minimum absolute atomic E-state index is 0.00566. The lowest BCUT2D eigenvalue weighted by atomic mass is 9.45. The van der Waals surface area contributed by atoms with Crippen LogP contribution in [-0.2, 0) is 68.3 Å². The second kappa shape index (κ2) is 16.0. The summed E-state index contributed by atoms with van der Waals surface area (Å²) in [5.41, 5.74) is -9.90. The van der Waals surface area contributed by atoms with Gasteiger partial charge in [0.2, 0.25) is 0 Å². The number of pyridine rings is 1. The van der Waals surface area contributed by atoms with Gasteiger partial charge in [0.1, 0.15) is 41.5 Å². The summed E-state index contributed by atoms with van der Waals surface area (Å²) < 4.78 is 48.5. The fraction of sp³-hybridized carbons (Fsp3) is 0.561. The highest BCUT2D eigenvalue weighted by molar-refractivity contribution is 5.91. The van der Waals surface area contributed by atoms with Crippen LogP contribution in [0.2, 0.25) is 0 Å². The van der Waals surface area contributed by atoms with Crippen LogP contribution < -0.4 is 0 Å². The van der Waals surface area contributed by atoms with Gasteiger partial charge in [-0.2, -0.15) is 0 Å². The summed E-state index contributed by atoms with van der Waals surface area (Å²) in [6, 6.07) is 10.6. The van der Waals surface area contributed by atoms with E-state index in [9.17, 15) is 43.8 Å². The summed E-state index contributed by atoms with van der Waals surface area (Å²) >= 11 is 0. The summed E-state index contributed by atoms with van der Waals surface area (Å²) in [6.45, 7) is 6.17. The third kappa shape index (κ3) is 7.20. The van der Waals surface area contributed by atoms with Crippen LogP contribution in [0.5, 0.6) is 0 Å². The van der Waals surface area contributed by atoms with Gasteiger partial charge in [-0.3, -0.25) is 29.0 Å². The summed E-state index contributed by atoms with van der Waals surface area (Å²) in [4.78, 5) is 98.8. The van der Waals surface area contributed by atoms with Gasteiger partial charge in [-0.1, -0.05) is 25.1 Å². The van der Waals surface area contributed by atoms with Crippen molar-refractivity contribution in [3.8, 4) is 0 Å². The molecule has 18 nitrogen and oxygen atoms in total. The molecule has 0 amide bonds. The molecule has 2 N–H and O–H groups in total. The predicted octanol–water partition coefficient (Wildman–Crippen LogP) is 1.59. The van der Waals surface area contributed by atoms with Crippen molar-refractivity contribution in [3.63, 3.8) is 0 Å². The zero-order valence-electron chi connectivity index (χ0n) is 33.5. The van der Waals surface area contributed by atoms with Gasteiger partial charge in [0.05, 0.1) is 34.8 Å². The summed E-state index contributed by atoms with van der Waals surface area (Å²) in [5.74, 6) is -9.53. The second-order valence-corrected chi connectivity index (χ2v) is 15.8. The molecule has 2 aliphatic heterocycles. The molecule has 2 aliphatic carbocycles. The first-order chi connectivity index (χ1) is 27.7. The topological polar surface area (TPSA) is 247 Å². The molecule has 318 valence electrons. The molecule has 2 aromatic rings. The average molecular weight is 826 g/mol. The maximum atomic E-state index is 14.1. The van der Waals surface area contributed by atoms with Gasteiger partial charge in [0.15, 0.2) is 24.4 Å². The van der Waals surface area contributed by atoms with Gasteiger partial charge in [-0.15, -0.1) is 0 Å².